The summed E-state index contributed by atoms with van der Waals surface area (Å²) in [6.45, 7) is 16.1. The molecule has 0 atom stereocenters. The first-order valence-electron chi connectivity index (χ1n) is 43.3. The van der Waals surface area contributed by atoms with Gasteiger partial charge in [0.25, 0.3) is 23.5 Å². The highest BCUT2D eigenvalue weighted by Crippen LogP contribution is 2.38. The number of pyridine rings is 1. The number of piperazine rings is 1. The number of halogens is 2. The highest BCUT2D eigenvalue weighted by Gasteiger charge is 2.36. The standard InChI is InChI=1S/C44H58N10O12.C43H63ClFN9O9/c1-45-39(55)10-16-60-18-20-63-24-26-65-30-34-29-53(50-48-34)15-17-61-19-21-62-22-23-64-25-27-66-31-38-47-32-54(49-38)42-36-9-8-35(40(36)37(59-2)28-46-42)41(56)44(58)52-13-11-51(12-14-52)43(57)33-6-4-3-5-7-33;1-46-40(55)11-18-59-21-22-61-20-17-54-31-37(50-51-54)32-63-26-25-62-24-23-60-19-16-52(2)13-6-12-47-42(57)43(58)48-29-34-8-7-33(27-35(34)30-53-14-4-3-5-15-53)41(56)49-36-9-10-38(44)39(45)28-36/h3-8,28-29,32H,9-27,30-31H2,1-2H3,(H,45,55);7-10,27-28,31H,3-6,11-26,29-30,32H2,1-2H3,(H,46,55)(H,47,57)(H,48,58)(H,49,56). The molecule has 704 valence electrons. The third kappa shape index (κ3) is 37.1. The molecule has 0 saturated carbocycles. The van der Waals surface area contributed by atoms with E-state index in [0.717, 1.165) is 43.1 Å². The Kier molecular flexibility index (Phi) is 46.6. The second-order valence-electron chi connectivity index (χ2n) is 29.7. The third-order valence-corrected chi connectivity index (χ3v) is 20.6. The zero-order valence-electron chi connectivity index (χ0n) is 73.9. The number of benzene rings is 3. The summed E-state index contributed by atoms with van der Waals surface area (Å²) in [5, 5.41) is 34.1. The lowest BCUT2D eigenvalue weighted by Gasteiger charge is -2.34. The number of likely N-dealkylation sites (tertiary alicyclic amines) is 1. The van der Waals surface area contributed by atoms with Gasteiger partial charge >= 0.3 is 11.8 Å². The molecule has 40 nitrogen and oxygen atoms in total. The molecule has 0 spiro atoms. The minimum absolute atomic E-state index is 0.0333. The van der Waals surface area contributed by atoms with Gasteiger partial charge in [-0.05, 0) is 106 Å². The van der Waals surface area contributed by atoms with E-state index >= 15 is 0 Å². The van der Waals surface area contributed by atoms with Crippen LogP contribution in [0.2, 0.25) is 5.02 Å². The largest absolute Gasteiger partial charge is 0.494 e. The monoisotopic (exact) mass is 1820 g/mol. The number of ketones is 1. The molecule has 4 aromatic heterocycles. The minimum Gasteiger partial charge on any atom is -0.494 e. The van der Waals surface area contributed by atoms with Crippen LogP contribution in [0.15, 0.2) is 97.7 Å². The molecule has 7 amide bonds. The number of allylic oxidation sites excluding steroid dienone is 1. The maximum absolute atomic E-state index is 13.9. The molecule has 2 saturated heterocycles. The van der Waals surface area contributed by atoms with Crippen molar-refractivity contribution in [2.45, 2.75) is 90.9 Å². The summed E-state index contributed by atoms with van der Waals surface area (Å²) in [5.74, 6) is -2.72. The first kappa shape index (κ1) is 102. The number of hydrogen-bond acceptors (Lipinski definition) is 30. The van der Waals surface area contributed by atoms with Crippen LogP contribution in [0.3, 0.4) is 0 Å². The van der Waals surface area contributed by atoms with Gasteiger partial charge in [0.2, 0.25) is 11.8 Å². The van der Waals surface area contributed by atoms with Crippen LogP contribution in [0.5, 0.6) is 5.75 Å². The van der Waals surface area contributed by atoms with E-state index in [1.807, 2.05) is 37.6 Å². The molecule has 0 bridgehead atoms. The molecule has 129 heavy (non-hydrogen) atoms. The number of aromatic nitrogens is 10. The summed E-state index contributed by atoms with van der Waals surface area (Å²) < 4.78 is 91.1. The molecule has 0 unspecified atom stereocenters. The van der Waals surface area contributed by atoms with Crippen molar-refractivity contribution < 1.29 is 104 Å². The van der Waals surface area contributed by atoms with Crippen molar-refractivity contribution in [2.24, 2.45) is 0 Å². The van der Waals surface area contributed by atoms with E-state index in [4.69, 9.17) is 73.2 Å². The Balaban J connectivity index is 0.000000291. The highest BCUT2D eigenvalue weighted by molar-refractivity contribution is 6.54. The molecule has 6 heterocycles. The summed E-state index contributed by atoms with van der Waals surface area (Å²) in [4.78, 5) is 117. The summed E-state index contributed by atoms with van der Waals surface area (Å²) >= 11 is 5.78. The lowest BCUT2D eigenvalue weighted by atomic mass is 10.0. The average molecular weight is 1820 g/mol. The SMILES string of the molecule is CNC(=O)CCOCCOCCOCc1cn(CCOCCOCCOCCOCc2ncn(-c3ncc(OC)c4c3CC=C4C(=O)C(=O)N3CCN(C(=O)c4ccccc4)CC3)n2)nn1.CNC(=O)CCOCCOCCn1cc(COCCOCCOCCN(C)CCCNC(=O)C(=O)NCc2ccc(C(=O)Nc3ccc(Cl)c(F)c3)cc2CN2CCCCC2)nn1. The number of methoxy groups -OCH3 is 1. The molecular formula is C87H121ClFN19O21. The second kappa shape index (κ2) is 58.8. The normalized spacial score (nSPS) is 13.2. The Morgan fingerprint density at radius 1 is 0.550 bits per heavy atom. The van der Waals surface area contributed by atoms with E-state index in [9.17, 15) is 42.7 Å². The van der Waals surface area contributed by atoms with Gasteiger partial charge in [0.05, 0.1) is 196 Å². The summed E-state index contributed by atoms with van der Waals surface area (Å²) in [6, 6.07) is 18.3. The average Bonchev–Trinajstić information content (AvgIpc) is 1.62. The Labute approximate surface area is 754 Å². The lowest BCUT2D eigenvalue weighted by molar-refractivity contribution is -0.142. The maximum Gasteiger partial charge on any atom is 0.309 e. The van der Waals surface area contributed by atoms with Crippen LogP contribution in [-0.4, -0.2) is 342 Å². The minimum atomic E-state index is -0.736. The van der Waals surface area contributed by atoms with Crippen molar-refractivity contribution in [1.82, 2.24) is 90.6 Å². The number of anilines is 1. The molecule has 3 aromatic carbocycles. The number of ether oxygens (including phenoxy) is 13. The van der Waals surface area contributed by atoms with Gasteiger partial charge in [-0.15, -0.1) is 15.3 Å². The van der Waals surface area contributed by atoms with Crippen molar-refractivity contribution >= 4 is 70.0 Å². The fraction of sp³-hybridized carbons (Fsp3) is 0.552. The van der Waals surface area contributed by atoms with E-state index in [1.165, 1.54) is 47.8 Å². The topological polar surface area (TPSA) is 435 Å². The number of rotatable bonds is 60. The van der Waals surface area contributed by atoms with E-state index in [0.29, 0.717) is 281 Å². The van der Waals surface area contributed by atoms with Crippen LogP contribution in [0.25, 0.3) is 11.4 Å². The number of Topliss-reactive ketones (excluding diaryl/α,β-unsaturated/α-hetero) is 1. The van der Waals surface area contributed by atoms with E-state index < -0.39 is 35.2 Å². The number of amides is 7. The number of likely N-dealkylation sites (N-methyl/N-ethyl adjacent to an activating group) is 1. The van der Waals surface area contributed by atoms with Crippen LogP contribution >= 0.6 is 11.6 Å². The van der Waals surface area contributed by atoms with E-state index in [1.54, 1.807) is 64.8 Å². The van der Waals surface area contributed by atoms with Gasteiger partial charge in [-0.1, -0.05) is 58.8 Å². The Morgan fingerprint density at radius 3 is 1.67 bits per heavy atom. The number of hydrogen-bond donors (Lipinski definition) is 5. The zero-order chi connectivity index (χ0) is 91.4. The summed E-state index contributed by atoms with van der Waals surface area (Å²) in [5.41, 5.74) is 5.76. The van der Waals surface area contributed by atoms with Crippen LogP contribution in [-0.2, 0) is 138 Å². The van der Waals surface area contributed by atoms with Crippen LogP contribution in [0.4, 0.5) is 10.1 Å². The smallest absolute Gasteiger partial charge is 0.309 e. The molecule has 0 radical (unpaired) electrons. The second-order valence-corrected chi connectivity index (χ2v) is 30.1. The number of fused-ring (bicyclic) bond motifs is 1. The molecule has 3 aliphatic rings. The Morgan fingerprint density at radius 2 is 1.09 bits per heavy atom. The third-order valence-electron chi connectivity index (χ3n) is 20.3. The lowest BCUT2D eigenvalue weighted by Crippen LogP contribution is -2.52. The van der Waals surface area contributed by atoms with Crippen molar-refractivity contribution in [1.29, 1.82) is 0 Å². The first-order valence-corrected chi connectivity index (χ1v) is 43.7. The molecule has 10 rings (SSSR count). The predicted octanol–water partition coefficient (Wildman–Crippen LogP) is 3.49. The van der Waals surface area contributed by atoms with Gasteiger partial charge in [0, 0.05) is 113 Å². The fourth-order valence-electron chi connectivity index (χ4n) is 13.2. The maximum atomic E-state index is 13.9. The highest BCUT2D eigenvalue weighted by atomic mass is 35.5. The Hall–Kier alpha value is -10.6. The van der Waals surface area contributed by atoms with Gasteiger partial charge in [-0.25, -0.2) is 28.4 Å². The molecule has 2 aliphatic heterocycles. The van der Waals surface area contributed by atoms with Crippen LogP contribution < -0.4 is 31.3 Å². The van der Waals surface area contributed by atoms with Crippen LogP contribution in [0.1, 0.15) is 98.7 Å². The quantitative estimate of drug-likeness (QED) is 0.0269. The van der Waals surface area contributed by atoms with Crippen molar-refractivity contribution in [3.8, 4) is 11.6 Å². The molecule has 42 heteroatoms. The predicted molar refractivity (Wildman–Crippen MR) is 467 cm³/mol. The molecular weight excluding hydrogens is 1700 g/mol. The van der Waals surface area contributed by atoms with Gasteiger partial charge in [0.15, 0.2) is 11.6 Å². The van der Waals surface area contributed by atoms with Gasteiger partial charge in [-0.3, -0.25) is 43.3 Å². The molecule has 7 aromatic rings. The summed E-state index contributed by atoms with van der Waals surface area (Å²) in [6.07, 6.45) is 13.3. The van der Waals surface area contributed by atoms with Gasteiger partial charge in [0.1, 0.15) is 35.9 Å². The number of nitrogens with one attached hydrogen (secondary N) is 5. The number of carbonyl (C=O) groups is 8. The van der Waals surface area contributed by atoms with E-state index in [2.05, 4.69) is 72.1 Å². The first-order chi connectivity index (χ1) is 63.0. The number of piperidine rings is 1. The van der Waals surface area contributed by atoms with Gasteiger partial charge in [-0.2, -0.15) is 0 Å². The fourth-order valence-corrected chi connectivity index (χ4v) is 13.3. The van der Waals surface area contributed by atoms with Crippen molar-refractivity contribution in [2.75, 3.05) is 231 Å². The number of nitrogens with zero attached hydrogens (tertiary/aromatic N) is 14. The van der Waals surface area contributed by atoms with Crippen molar-refractivity contribution in [3.63, 3.8) is 0 Å². The zero-order valence-corrected chi connectivity index (χ0v) is 74.7. The van der Waals surface area contributed by atoms with Gasteiger partial charge < -0.3 is 103 Å². The van der Waals surface area contributed by atoms with E-state index in [-0.39, 0.29) is 60.2 Å². The number of carbonyl (C=O) groups excluding carboxylic acids is 8. The Bertz CT molecular complexity index is 4610. The molecule has 1 aliphatic carbocycles. The summed E-state index contributed by atoms with van der Waals surface area (Å²) in [7, 11) is 6.63. The van der Waals surface area contributed by atoms with Crippen LogP contribution in [0, 0.1) is 5.82 Å². The molecule has 5 N–H and O–H groups in total. The molecule has 2 fully saturated rings. The van der Waals surface area contributed by atoms with Crippen molar-refractivity contribution in [3.05, 3.63) is 159 Å².